The number of aryl methyl sites for hydroxylation is 1. The molecule has 0 fully saturated rings. The van der Waals surface area contributed by atoms with Crippen molar-refractivity contribution >= 4 is 32.6 Å². The van der Waals surface area contributed by atoms with Crippen molar-refractivity contribution in [1.29, 1.82) is 0 Å². The molecule has 1 heterocycles. The summed E-state index contributed by atoms with van der Waals surface area (Å²) in [6.07, 6.45) is -0.671. The van der Waals surface area contributed by atoms with E-state index in [0.29, 0.717) is 16.6 Å². The fourth-order valence-electron chi connectivity index (χ4n) is 2.25. The summed E-state index contributed by atoms with van der Waals surface area (Å²) in [7, 11) is 1.57. The predicted molar refractivity (Wildman–Crippen MR) is 96.1 cm³/mol. The second kappa shape index (κ2) is 6.88. The number of rotatable bonds is 5. The first-order chi connectivity index (χ1) is 11.6. The van der Waals surface area contributed by atoms with E-state index in [2.05, 4.69) is 16.4 Å². The number of carbonyl (C=O) groups is 1. The molecular weight excluding hydrogens is 324 g/mol. The molecule has 124 valence electrons. The molecule has 3 aromatic rings. The van der Waals surface area contributed by atoms with Gasteiger partial charge in [0.05, 0.1) is 17.3 Å². The third-order valence-corrected chi connectivity index (χ3v) is 4.45. The third kappa shape index (κ3) is 3.49. The van der Waals surface area contributed by atoms with Crippen LogP contribution in [0.5, 0.6) is 11.5 Å². The summed E-state index contributed by atoms with van der Waals surface area (Å²) in [5.41, 5.74) is 2.04. The Hall–Kier alpha value is -2.60. The number of anilines is 1. The van der Waals surface area contributed by atoms with Gasteiger partial charge in [0.15, 0.2) is 22.7 Å². The number of ether oxygens (including phenoxy) is 2. The number of methoxy groups -OCH3 is 1. The van der Waals surface area contributed by atoms with Gasteiger partial charge in [0, 0.05) is 0 Å². The van der Waals surface area contributed by atoms with Crippen molar-refractivity contribution in [3.05, 3.63) is 48.0 Å². The van der Waals surface area contributed by atoms with E-state index >= 15 is 0 Å². The Labute approximate surface area is 144 Å². The van der Waals surface area contributed by atoms with Gasteiger partial charge in [-0.1, -0.05) is 29.5 Å². The zero-order valence-electron chi connectivity index (χ0n) is 13.7. The van der Waals surface area contributed by atoms with Crippen LogP contribution in [0, 0.1) is 6.92 Å². The molecule has 0 aliphatic rings. The predicted octanol–water partition coefficient (Wildman–Crippen LogP) is 4.02. The molecule has 0 radical (unpaired) electrons. The molecule has 0 unspecified atom stereocenters. The van der Waals surface area contributed by atoms with Crippen molar-refractivity contribution in [3.63, 3.8) is 0 Å². The quantitative estimate of drug-likeness (QED) is 0.761. The molecule has 3 rings (SSSR count). The molecular formula is C18H18N2O3S. The Morgan fingerprint density at radius 1 is 1.21 bits per heavy atom. The molecule has 1 aromatic heterocycles. The topological polar surface area (TPSA) is 60.5 Å². The highest BCUT2D eigenvalue weighted by Crippen LogP contribution is 2.28. The molecule has 5 nitrogen and oxygen atoms in total. The maximum Gasteiger partial charge on any atom is 0.266 e. The molecule has 24 heavy (non-hydrogen) atoms. The maximum atomic E-state index is 12.3. The molecule has 0 aliphatic carbocycles. The minimum absolute atomic E-state index is 0.253. The van der Waals surface area contributed by atoms with Crippen molar-refractivity contribution in [2.45, 2.75) is 20.0 Å². The van der Waals surface area contributed by atoms with Crippen LogP contribution in [0.15, 0.2) is 42.5 Å². The number of benzene rings is 2. The van der Waals surface area contributed by atoms with Gasteiger partial charge in [-0.2, -0.15) is 0 Å². The number of hydrogen-bond acceptors (Lipinski definition) is 5. The van der Waals surface area contributed by atoms with Gasteiger partial charge >= 0.3 is 0 Å². The number of thiazole rings is 1. The summed E-state index contributed by atoms with van der Waals surface area (Å²) in [6, 6.07) is 13.2. The first-order valence-corrected chi connectivity index (χ1v) is 8.36. The van der Waals surface area contributed by atoms with Crippen molar-refractivity contribution in [2.24, 2.45) is 0 Å². The highest BCUT2D eigenvalue weighted by atomic mass is 32.1. The standard InChI is InChI=1S/C18H18N2O3S/c1-11-8-9-13-16(10-11)24-18(19-13)20-17(21)12(2)23-15-7-5-4-6-14(15)22-3/h4-10,12H,1-3H3,(H,19,20,21)/t12-/m0/s1. The second-order valence-electron chi connectivity index (χ2n) is 5.39. The van der Waals surface area contributed by atoms with Gasteiger partial charge in [0.25, 0.3) is 5.91 Å². The van der Waals surface area contributed by atoms with E-state index in [1.54, 1.807) is 26.2 Å². The van der Waals surface area contributed by atoms with E-state index in [1.165, 1.54) is 11.3 Å². The minimum Gasteiger partial charge on any atom is -0.493 e. The van der Waals surface area contributed by atoms with E-state index in [-0.39, 0.29) is 5.91 Å². The Morgan fingerprint density at radius 2 is 1.96 bits per heavy atom. The lowest BCUT2D eigenvalue weighted by Gasteiger charge is -2.15. The van der Waals surface area contributed by atoms with Gasteiger partial charge < -0.3 is 9.47 Å². The Morgan fingerprint density at radius 3 is 2.71 bits per heavy atom. The highest BCUT2D eigenvalue weighted by Gasteiger charge is 2.18. The number of aromatic nitrogens is 1. The lowest BCUT2D eigenvalue weighted by Crippen LogP contribution is -2.30. The summed E-state index contributed by atoms with van der Waals surface area (Å²) in [5.74, 6) is 0.867. The third-order valence-electron chi connectivity index (χ3n) is 3.52. The average Bonchev–Trinajstić information content (AvgIpc) is 2.96. The van der Waals surface area contributed by atoms with Crippen LogP contribution in [-0.4, -0.2) is 24.1 Å². The van der Waals surface area contributed by atoms with Crippen molar-refractivity contribution < 1.29 is 14.3 Å². The summed E-state index contributed by atoms with van der Waals surface area (Å²) in [6.45, 7) is 3.72. The van der Waals surface area contributed by atoms with Crippen LogP contribution < -0.4 is 14.8 Å². The Balaban J connectivity index is 1.71. The largest absolute Gasteiger partial charge is 0.493 e. The van der Waals surface area contributed by atoms with Gasteiger partial charge in [0.1, 0.15) is 0 Å². The number of nitrogens with one attached hydrogen (secondary N) is 1. The fraction of sp³-hybridized carbons (Fsp3) is 0.222. The molecule has 0 aliphatic heterocycles. The molecule has 1 N–H and O–H groups in total. The molecule has 0 saturated heterocycles. The molecule has 1 amide bonds. The van der Waals surface area contributed by atoms with Crippen LogP contribution in [0.1, 0.15) is 12.5 Å². The zero-order valence-corrected chi connectivity index (χ0v) is 14.5. The van der Waals surface area contributed by atoms with Crippen molar-refractivity contribution in [2.75, 3.05) is 12.4 Å². The van der Waals surface area contributed by atoms with Crippen LogP contribution in [-0.2, 0) is 4.79 Å². The first-order valence-electron chi connectivity index (χ1n) is 7.54. The smallest absolute Gasteiger partial charge is 0.266 e. The Kier molecular flexibility index (Phi) is 4.66. The summed E-state index contributed by atoms with van der Waals surface area (Å²) >= 11 is 1.45. The van der Waals surface area contributed by atoms with Gasteiger partial charge in [-0.05, 0) is 43.7 Å². The lowest BCUT2D eigenvalue weighted by molar-refractivity contribution is -0.122. The molecule has 6 heteroatoms. The van der Waals surface area contributed by atoms with Crippen LogP contribution >= 0.6 is 11.3 Å². The molecule has 0 spiro atoms. The van der Waals surface area contributed by atoms with Gasteiger partial charge in [0.2, 0.25) is 0 Å². The van der Waals surface area contributed by atoms with Crippen LogP contribution in [0.25, 0.3) is 10.2 Å². The zero-order chi connectivity index (χ0) is 17.1. The van der Waals surface area contributed by atoms with E-state index < -0.39 is 6.10 Å². The molecule has 0 bridgehead atoms. The summed E-state index contributed by atoms with van der Waals surface area (Å²) in [4.78, 5) is 16.8. The Bertz CT molecular complexity index is 876. The first kappa shape index (κ1) is 16.3. The van der Waals surface area contributed by atoms with E-state index in [9.17, 15) is 4.79 Å². The maximum absolute atomic E-state index is 12.3. The van der Waals surface area contributed by atoms with Crippen LogP contribution in [0.2, 0.25) is 0 Å². The van der Waals surface area contributed by atoms with Gasteiger partial charge in [-0.3, -0.25) is 10.1 Å². The van der Waals surface area contributed by atoms with Crippen molar-refractivity contribution in [3.8, 4) is 11.5 Å². The molecule has 2 aromatic carbocycles. The number of carbonyl (C=O) groups excluding carboxylic acids is 1. The van der Waals surface area contributed by atoms with E-state index in [1.807, 2.05) is 31.2 Å². The normalized spacial score (nSPS) is 12.0. The van der Waals surface area contributed by atoms with Crippen LogP contribution in [0.3, 0.4) is 0 Å². The molecule has 0 saturated carbocycles. The van der Waals surface area contributed by atoms with Crippen molar-refractivity contribution in [1.82, 2.24) is 4.98 Å². The SMILES string of the molecule is COc1ccccc1O[C@@H](C)C(=O)Nc1nc2ccc(C)cc2s1. The molecule has 1 atom stereocenters. The number of fused-ring (bicyclic) bond motifs is 1. The fourth-order valence-corrected chi connectivity index (χ4v) is 3.22. The number of para-hydroxylation sites is 2. The van der Waals surface area contributed by atoms with Gasteiger partial charge in [-0.15, -0.1) is 0 Å². The number of hydrogen-bond donors (Lipinski definition) is 1. The number of amides is 1. The summed E-state index contributed by atoms with van der Waals surface area (Å²) in [5, 5.41) is 3.38. The average molecular weight is 342 g/mol. The highest BCUT2D eigenvalue weighted by molar-refractivity contribution is 7.22. The van der Waals surface area contributed by atoms with Gasteiger partial charge in [-0.25, -0.2) is 4.98 Å². The van der Waals surface area contributed by atoms with E-state index in [4.69, 9.17) is 9.47 Å². The lowest BCUT2D eigenvalue weighted by atomic mass is 10.2. The minimum atomic E-state index is -0.671. The van der Waals surface area contributed by atoms with E-state index in [0.717, 1.165) is 15.8 Å². The monoisotopic (exact) mass is 342 g/mol. The van der Waals surface area contributed by atoms with Crippen LogP contribution in [0.4, 0.5) is 5.13 Å². The summed E-state index contributed by atoms with van der Waals surface area (Å²) < 4.78 is 12.0. The number of nitrogens with zero attached hydrogens (tertiary/aromatic N) is 1. The second-order valence-corrected chi connectivity index (χ2v) is 6.42.